The molecule has 1 aromatic carbocycles. The number of nitrogens with zero attached hydrogens (tertiary/aromatic N) is 2. The first-order valence-electron chi connectivity index (χ1n) is 6.15. The van der Waals surface area contributed by atoms with E-state index in [1.165, 1.54) is 6.39 Å². The highest BCUT2D eigenvalue weighted by atomic mass is 16.3. The molecule has 2 rings (SSSR count). The molecule has 1 aromatic heterocycles. The summed E-state index contributed by atoms with van der Waals surface area (Å²) in [6, 6.07) is 7.51. The molecule has 0 saturated carbocycles. The van der Waals surface area contributed by atoms with Crippen LogP contribution in [0, 0.1) is 6.92 Å². The predicted octanol–water partition coefficient (Wildman–Crippen LogP) is 2.23. The van der Waals surface area contributed by atoms with Gasteiger partial charge in [-0.2, -0.15) is 0 Å². The summed E-state index contributed by atoms with van der Waals surface area (Å²) in [5, 5.41) is 0. The summed E-state index contributed by atoms with van der Waals surface area (Å²) < 4.78 is 5.14. The molecular formula is C14H17N3O2. The van der Waals surface area contributed by atoms with Crippen LogP contribution in [0.1, 0.15) is 28.7 Å². The molecule has 0 spiro atoms. The fraction of sp³-hybridized carbons (Fsp3) is 0.286. The number of amides is 1. The lowest BCUT2D eigenvalue weighted by atomic mass is 10.2. The average molecular weight is 259 g/mol. The third kappa shape index (κ3) is 2.93. The largest absolute Gasteiger partial charge is 0.438 e. The lowest BCUT2D eigenvalue weighted by Crippen LogP contribution is -2.30. The number of hydrogen-bond donors (Lipinski definition) is 1. The van der Waals surface area contributed by atoms with Gasteiger partial charge in [-0.05, 0) is 31.5 Å². The third-order valence-corrected chi connectivity index (χ3v) is 2.93. The van der Waals surface area contributed by atoms with Crippen LogP contribution in [0.15, 0.2) is 35.1 Å². The zero-order valence-corrected chi connectivity index (χ0v) is 11.1. The smallest absolute Gasteiger partial charge is 0.291 e. The summed E-state index contributed by atoms with van der Waals surface area (Å²) >= 11 is 0. The number of nitrogens with two attached hydrogens (primary N) is 1. The molecule has 0 fully saturated rings. The molecule has 19 heavy (non-hydrogen) atoms. The fourth-order valence-corrected chi connectivity index (χ4v) is 1.89. The first-order valence-corrected chi connectivity index (χ1v) is 6.15. The number of carbonyl (C=O) groups excluding carboxylic acids is 1. The van der Waals surface area contributed by atoms with E-state index in [4.69, 9.17) is 10.2 Å². The zero-order chi connectivity index (χ0) is 13.8. The number of hydrogen-bond acceptors (Lipinski definition) is 4. The van der Waals surface area contributed by atoms with Gasteiger partial charge in [-0.25, -0.2) is 4.98 Å². The minimum atomic E-state index is -0.153. The molecule has 0 saturated heterocycles. The number of oxazole rings is 1. The van der Waals surface area contributed by atoms with Gasteiger partial charge in [-0.15, -0.1) is 0 Å². The molecular weight excluding hydrogens is 242 g/mol. The van der Waals surface area contributed by atoms with Gasteiger partial charge in [-0.3, -0.25) is 4.79 Å². The molecule has 1 amide bonds. The third-order valence-electron chi connectivity index (χ3n) is 2.93. The Bertz CT molecular complexity index is 578. The Morgan fingerprint density at radius 2 is 2.26 bits per heavy atom. The van der Waals surface area contributed by atoms with Crippen molar-refractivity contribution in [2.24, 2.45) is 0 Å². The van der Waals surface area contributed by atoms with Gasteiger partial charge < -0.3 is 15.1 Å². The summed E-state index contributed by atoms with van der Waals surface area (Å²) in [5.74, 6) is 0.144. The van der Waals surface area contributed by atoms with Crippen LogP contribution in [-0.2, 0) is 6.54 Å². The average Bonchev–Trinajstić information content (AvgIpc) is 2.81. The van der Waals surface area contributed by atoms with E-state index in [9.17, 15) is 4.79 Å². The van der Waals surface area contributed by atoms with Crippen LogP contribution < -0.4 is 5.73 Å². The SMILES string of the molecule is CCN(Cc1cccc(N)c1)C(=O)c1ocnc1C. The van der Waals surface area contributed by atoms with E-state index >= 15 is 0 Å². The van der Waals surface area contributed by atoms with E-state index in [-0.39, 0.29) is 5.91 Å². The molecule has 2 N–H and O–H groups in total. The quantitative estimate of drug-likeness (QED) is 0.854. The van der Waals surface area contributed by atoms with Crippen molar-refractivity contribution >= 4 is 11.6 Å². The van der Waals surface area contributed by atoms with Crippen molar-refractivity contribution in [2.75, 3.05) is 12.3 Å². The van der Waals surface area contributed by atoms with Crippen LogP contribution in [0.3, 0.4) is 0 Å². The fourth-order valence-electron chi connectivity index (χ4n) is 1.89. The van der Waals surface area contributed by atoms with E-state index in [0.717, 1.165) is 5.56 Å². The first-order chi connectivity index (χ1) is 9.11. The van der Waals surface area contributed by atoms with Gasteiger partial charge in [0, 0.05) is 18.8 Å². The second-order valence-electron chi connectivity index (χ2n) is 4.33. The van der Waals surface area contributed by atoms with E-state index < -0.39 is 0 Å². The van der Waals surface area contributed by atoms with Gasteiger partial charge in [0.15, 0.2) is 6.39 Å². The molecule has 5 heteroatoms. The maximum Gasteiger partial charge on any atom is 0.291 e. The van der Waals surface area contributed by atoms with Crippen molar-refractivity contribution in [3.05, 3.63) is 47.7 Å². The normalized spacial score (nSPS) is 10.4. The number of aromatic nitrogens is 1. The minimum Gasteiger partial charge on any atom is -0.438 e. The highest BCUT2D eigenvalue weighted by Crippen LogP contribution is 2.14. The molecule has 0 atom stereocenters. The molecule has 0 aliphatic rings. The molecule has 0 aliphatic heterocycles. The Hall–Kier alpha value is -2.30. The second kappa shape index (κ2) is 5.56. The van der Waals surface area contributed by atoms with Crippen molar-refractivity contribution in [3.63, 3.8) is 0 Å². The van der Waals surface area contributed by atoms with E-state index in [1.807, 2.05) is 31.2 Å². The van der Waals surface area contributed by atoms with Gasteiger partial charge in [0.2, 0.25) is 5.76 Å². The molecule has 1 heterocycles. The summed E-state index contributed by atoms with van der Waals surface area (Å²) in [7, 11) is 0. The molecule has 2 aromatic rings. The number of rotatable bonds is 4. The summed E-state index contributed by atoms with van der Waals surface area (Å²) in [6.45, 7) is 4.77. The molecule has 5 nitrogen and oxygen atoms in total. The maximum absolute atomic E-state index is 12.3. The van der Waals surface area contributed by atoms with Crippen LogP contribution in [0.5, 0.6) is 0 Å². The van der Waals surface area contributed by atoms with E-state index in [1.54, 1.807) is 11.8 Å². The van der Waals surface area contributed by atoms with Gasteiger partial charge in [0.05, 0.1) is 5.69 Å². The number of carbonyl (C=O) groups is 1. The standard InChI is InChI=1S/C14H17N3O2/c1-3-17(8-11-5-4-6-12(15)7-11)14(18)13-10(2)16-9-19-13/h4-7,9H,3,8,15H2,1-2H3. The number of aryl methyl sites for hydroxylation is 1. The zero-order valence-electron chi connectivity index (χ0n) is 11.1. The van der Waals surface area contributed by atoms with Gasteiger partial charge in [0.1, 0.15) is 0 Å². The lowest BCUT2D eigenvalue weighted by Gasteiger charge is -2.20. The number of anilines is 1. The maximum atomic E-state index is 12.3. The lowest BCUT2D eigenvalue weighted by molar-refractivity contribution is 0.0719. The molecule has 0 bridgehead atoms. The monoisotopic (exact) mass is 259 g/mol. The summed E-state index contributed by atoms with van der Waals surface area (Å²) in [6.07, 6.45) is 1.29. The summed E-state index contributed by atoms with van der Waals surface area (Å²) in [5.41, 5.74) is 8.03. The Morgan fingerprint density at radius 1 is 1.47 bits per heavy atom. The Labute approximate surface area is 112 Å². The molecule has 0 radical (unpaired) electrons. The van der Waals surface area contributed by atoms with E-state index in [2.05, 4.69) is 4.98 Å². The highest BCUT2D eigenvalue weighted by molar-refractivity contribution is 5.92. The van der Waals surface area contributed by atoms with Crippen LogP contribution in [0.25, 0.3) is 0 Å². The van der Waals surface area contributed by atoms with Crippen molar-refractivity contribution in [1.29, 1.82) is 0 Å². The van der Waals surface area contributed by atoms with Crippen molar-refractivity contribution in [1.82, 2.24) is 9.88 Å². The van der Waals surface area contributed by atoms with Crippen molar-refractivity contribution in [3.8, 4) is 0 Å². The number of benzene rings is 1. The van der Waals surface area contributed by atoms with Gasteiger partial charge >= 0.3 is 0 Å². The van der Waals surface area contributed by atoms with Gasteiger partial charge in [0.25, 0.3) is 5.91 Å². The van der Waals surface area contributed by atoms with Crippen LogP contribution in [-0.4, -0.2) is 22.3 Å². The second-order valence-corrected chi connectivity index (χ2v) is 4.33. The Morgan fingerprint density at radius 3 is 2.84 bits per heavy atom. The first kappa shape index (κ1) is 13.1. The minimum absolute atomic E-state index is 0.153. The number of nitrogen functional groups attached to an aromatic ring is 1. The molecule has 100 valence electrons. The summed E-state index contributed by atoms with van der Waals surface area (Å²) in [4.78, 5) is 17.9. The van der Waals surface area contributed by atoms with Crippen molar-refractivity contribution in [2.45, 2.75) is 20.4 Å². The predicted molar refractivity (Wildman–Crippen MR) is 72.5 cm³/mol. The van der Waals surface area contributed by atoms with E-state index in [0.29, 0.717) is 30.2 Å². The molecule has 0 aliphatic carbocycles. The Balaban J connectivity index is 2.17. The van der Waals surface area contributed by atoms with Crippen LogP contribution in [0.2, 0.25) is 0 Å². The molecule has 0 unspecified atom stereocenters. The topological polar surface area (TPSA) is 72.4 Å². The highest BCUT2D eigenvalue weighted by Gasteiger charge is 2.20. The van der Waals surface area contributed by atoms with Gasteiger partial charge in [-0.1, -0.05) is 12.1 Å². The van der Waals surface area contributed by atoms with Crippen LogP contribution >= 0.6 is 0 Å². The van der Waals surface area contributed by atoms with Crippen LogP contribution in [0.4, 0.5) is 5.69 Å². The Kier molecular flexibility index (Phi) is 3.85. The van der Waals surface area contributed by atoms with Crippen molar-refractivity contribution < 1.29 is 9.21 Å².